The van der Waals surface area contributed by atoms with Gasteiger partial charge in [0.25, 0.3) is 0 Å². The number of carboxylic acid groups (broad SMARTS) is 1. The molecule has 0 radical (unpaired) electrons. The Balaban J connectivity index is 3.19. The van der Waals surface area contributed by atoms with Crippen LogP contribution in [0.5, 0.6) is 5.75 Å². The molecule has 1 aromatic carbocycles. The van der Waals surface area contributed by atoms with E-state index in [-0.39, 0.29) is 17.4 Å². The first-order valence-electron chi connectivity index (χ1n) is 4.62. The number of carboxylic acids is 1. The van der Waals surface area contributed by atoms with Crippen LogP contribution in [0.2, 0.25) is 0 Å². The van der Waals surface area contributed by atoms with Crippen LogP contribution in [-0.2, 0) is 0 Å². The third-order valence-electron chi connectivity index (χ3n) is 1.91. The molecule has 4 heteroatoms. The molecule has 0 aliphatic rings. The summed E-state index contributed by atoms with van der Waals surface area (Å²) in [7, 11) is 0. The van der Waals surface area contributed by atoms with Crippen LogP contribution in [0.4, 0.5) is 4.39 Å². The number of halogens is 1. The molecule has 0 aliphatic carbocycles. The number of hydrogen-bond donors (Lipinski definition) is 1. The molecular formula is C11H13FO3. The van der Waals surface area contributed by atoms with E-state index in [1.807, 2.05) is 0 Å². The van der Waals surface area contributed by atoms with Gasteiger partial charge in [0.2, 0.25) is 0 Å². The lowest BCUT2D eigenvalue weighted by Crippen LogP contribution is -2.09. The molecule has 0 saturated carbocycles. The van der Waals surface area contributed by atoms with Crippen LogP contribution in [0.15, 0.2) is 12.1 Å². The number of benzene rings is 1. The van der Waals surface area contributed by atoms with Gasteiger partial charge in [0, 0.05) is 5.56 Å². The Bertz CT molecular complexity index is 386. The molecule has 1 N–H and O–H groups in total. The van der Waals surface area contributed by atoms with E-state index in [0.29, 0.717) is 5.56 Å². The molecule has 0 saturated heterocycles. The molecule has 0 aromatic heterocycles. The van der Waals surface area contributed by atoms with E-state index in [1.165, 1.54) is 6.07 Å². The fourth-order valence-corrected chi connectivity index (χ4v) is 1.15. The monoisotopic (exact) mass is 212 g/mol. The Morgan fingerprint density at radius 1 is 1.47 bits per heavy atom. The second-order valence-electron chi connectivity index (χ2n) is 3.55. The van der Waals surface area contributed by atoms with E-state index < -0.39 is 11.8 Å². The van der Waals surface area contributed by atoms with Gasteiger partial charge in [-0.2, -0.15) is 0 Å². The lowest BCUT2D eigenvalue weighted by Gasteiger charge is -2.13. The Labute approximate surface area is 87.5 Å². The van der Waals surface area contributed by atoms with Crippen molar-refractivity contribution in [3.05, 3.63) is 29.1 Å². The second kappa shape index (κ2) is 4.29. The van der Waals surface area contributed by atoms with Crippen molar-refractivity contribution in [2.24, 2.45) is 0 Å². The van der Waals surface area contributed by atoms with Gasteiger partial charge in [0.05, 0.1) is 11.7 Å². The molecule has 0 fully saturated rings. The van der Waals surface area contributed by atoms with Gasteiger partial charge >= 0.3 is 5.97 Å². The summed E-state index contributed by atoms with van der Waals surface area (Å²) in [6, 6.07) is 2.33. The number of hydrogen-bond acceptors (Lipinski definition) is 2. The molecule has 1 rings (SSSR count). The van der Waals surface area contributed by atoms with Crippen LogP contribution in [0.1, 0.15) is 29.8 Å². The Morgan fingerprint density at radius 2 is 2.07 bits per heavy atom. The Hall–Kier alpha value is -1.58. The highest BCUT2D eigenvalue weighted by Crippen LogP contribution is 2.24. The van der Waals surface area contributed by atoms with E-state index in [9.17, 15) is 9.18 Å². The maximum absolute atomic E-state index is 13.3. The molecule has 0 bridgehead atoms. The van der Waals surface area contributed by atoms with Gasteiger partial charge in [-0.15, -0.1) is 0 Å². The molecule has 15 heavy (non-hydrogen) atoms. The highest BCUT2D eigenvalue weighted by atomic mass is 19.1. The fourth-order valence-electron chi connectivity index (χ4n) is 1.15. The van der Waals surface area contributed by atoms with Gasteiger partial charge in [-0.3, -0.25) is 0 Å². The van der Waals surface area contributed by atoms with Crippen molar-refractivity contribution in [1.29, 1.82) is 0 Å². The van der Waals surface area contributed by atoms with Crippen molar-refractivity contribution >= 4 is 5.97 Å². The highest BCUT2D eigenvalue weighted by Gasteiger charge is 2.13. The van der Waals surface area contributed by atoms with Crippen LogP contribution in [0.25, 0.3) is 0 Å². The first-order chi connectivity index (χ1) is 6.91. The SMILES string of the molecule is Cc1c(F)cc(C(=O)O)cc1OC(C)C. The molecule has 0 unspecified atom stereocenters. The van der Waals surface area contributed by atoms with E-state index in [1.54, 1.807) is 20.8 Å². The molecule has 0 atom stereocenters. The van der Waals surface area contributed by atoms with Crippen molar-refractivity contribution in [2.45, 2.75) is 26.9 Å². The summed E-state index contributed by atoms with van der Waals surface area (Å²) in [6.45, 7) is 5.15. The van der Waals surface area contributed by atoms with Crippen LogP contribution < -0.4 is 4.74 Å². The van der Waals surface area contributed by atoms with Crippen LogP contribution in [-0.4, -0.2) is 17.2 Å². The summed E-state index contributed by atoms with van der Waals surface area (Å²) in [5, 5.41) is 8.74. The molecule has 82 valence electrons. The first kappa shape index (κ1) is 11.5. The van der Waals surface area contributed by atoms with Gasteiger partial charge in [-0.05, 0) is 32.9 Å². The lowest BCUT2D eigenvalue weighted by atomic mass is 10.1. The standard InChI is InChI=1S/C11H13FO3/c1-6(2)15-10-5-8(11(13)14)4-9(12)7(10)3/h4-6H,1-3H3,(H,13,14). The van der Waals surface area contributed by atoms with Gasteiger partial charge < -0.3 is 9.84 Å². The summed E-state index contributed by atoms with van der Waals surface area (Å²) in [5.74, 6) is -1.45. The summed E-state index contributed by atoms with van der Waals surface area (Å²) >= 11 is 0. The minimum atomic E-state index is -1.16. The van der Waals surface area contributed by atoms with Crippen molar-refractivity contribution < 1.29 is 19.0 Å². The largest absolute Gasteiger partial charge is 0.491 e. The minimum absolute atomic E-state index is 0.103. The van der Waals surface area contributed by atoms with Gasteiger partial charge in [-0.25, -0.2) is 9.18 Å². The average Bonchev–Trinajstić information content (AvgIpc) is 2.11. The molecule has 0 aliphatic heterocycles. The predicted molar refractivity (Wildman–Crippen MR) is 53.9 cm³/mol. The number of rotatable bonds is 3. The van der Waals surface area contributed by atoms with Crippen LogP contribution >= 0.6 is 0 Å². The maximum atomic E-state index is 13.3. The zero-order chi connectivity index (χ0) is 11.6. The molecule has 3 nitrogen and oxygen atoms in total. The number of carbonyl (C=O) groups is 1. The van der Waals surface area contributed by atoms with Gasteiger partial charge in [-0.1, -0.05) is 0 Å². The first-order valence-corrected chi connectivity index (χ1v) is 4.62. The third kappa shape index (κ3) is 2.68. The maximum Gasteiger partial charge on any atom is 0.335 e. The summed E-state index contributed by atoms with van der Waals surface area (Å²) in [5.41, 5.74) is 0.224. The zero-order valence-electron chi connectivity index (χ0n) is 8.87. The van der Waals surface area contributed by atoms with E-state index in [4.69, 9.17) is 9.84 Å². The second-order valence-corrected chi connectivity index (χ2v) is 3.55. The van der Waals surface area contributed by atoms with E-state index in [0.717, 1.165) is 6.07 Å². The Kier molecular flexibility index (Phi) is 3.29. The van der Waals surface area contributed by atoms with Gasteiger partial charge in [0.15, 0.2) is 0 Å². The van der Waals surface area contributed by atoms with Crippen LogP contribution in [0, 0.1) is 12.7 Å². The van der Waals surface area contributed by atoms with E-state index in [2.05, 4.69) is 0 Å². The van der Waals surface area contributed by atoms with Crippen molar-refractivity contribution in [3.8, 4) is 5.75 Å². The topological polar surface area (TPSA) is 46.5 Å². The molecule has 0 heterocycles. The predicted octanol–water partition coefficient (Wildman–Crippen LogP) is 2.62. The summed E-state index contributed by atoms with van der Waals surface area (Å²) < 4.78 is 18.6. The summed E-state index contributed by atoms with van der Waals surface area (Å²) in [6.07, 6.45) is -0.118. The quantitative estimate of drug-likeness (QED) is 0.837. The molecule has 0 amide bonds. The van der Waals surface area contributed by atoms with Crippen LogP contribution in [0.3, 0.4) is 0 Å². The molecule has 0 spiro atoms. The lowest BCUT2D eigenvalue weighted by molar-refractivity contribution is 0.0695. The zero-order valence-corrected chi connectivity index (χ0v) is 8.87. The number of ether oxygens (including phenoxy) is 1. The third-order valence-corrected chi connectivity index (χ3v) is 1.91. The molecular weight excluding hydrogens is 199 g/mol. The smallest absolute Gasteiger partial charge is 0.335 e. The number of aromatic carboxylic acids is 1. The fraction of sp³-hybridized carbons (Fsp3) is 0.364. The molecule has 1 aromatic rings. The Morgan fingerprint density at radius 3 is 2.53 bits per heavy atom. The average molecular weight is 212 g/mol. The highest BCUT2D eigenvalue weighted by molar-refractivity contribution is 5.88. The summed E-state index contributed by atoms with van der Waals surface area (Å²) in [4.78, 5) is 10.7. The van der Waals surface area contributed by atoms with Gasteiger partial charge in [0.1, 0.15) is 11.6 Å². The van der Waals surface area contributed by atoms with Crippen molar-refractivity contribution in [2.75, 3.05) is 0 Å². The normalized spacial score (nSPS) is 10.5. The van der Waals surface area contributed by atoms with Crippen molar-refractivity contribution in [3.63, 3.8) is 0 Å². The van der Waals surface area contributed by atoms with E-state index >= 15 is 0 Å². The van der Waals surface area contributed by atoms with Crippen molar-refractivity contribution in [1.82, 2.24) is 0 Å². The minimum Gasteiger partial charge on any atom is -0.491 e.